The molecule has 0 spiro atoms. The van der Waals surface area contributed by atoms with Gasteiger partial charge in [0.2, 0.25) is 0 Å². The molecule has 0 saturated heterocycles. The normalized spacial score (nSPS) is 14.0. The van der Waals surface area contributed by atoms with Crippen LogP contribution in [0.1, 0.15) is 28.1 Å². The fourth-order valence-electron chi connectivity index (χ4n) is 1.87. The van der Waals surface area contributed by atoms with Gasteiger partial charge in [0, 0.05) is 10.5 Å². The first-order valence-corrected chi connectivity index (χ1v) is 8.24. The second kappa shape index (κ2) is 5.65. The predicted molar refractivity (Wildman–Crippen MR) is 90.0 cm³/mol. The van der Waals surface area contributed by atoms with Crippen LogP contribution in [0.25, 0.3) is 0 Å². The third kappa shape index (κ3) is 3.36. The Labute approximate surface area is 135 Å². The lowest BCUT2D eigenvalue weighted by Gasteiger charge is -2.07. The van der Waals surface area contributed by atoms with Gasteiger partial charge in [0.1, 0.15) is 10.7 Å². The third-order valence-corrected chi connectivity index (χ3v) is 4.83. The Morgan fingerprint density at radius 2 is 2.24 bits per heavy atom. The first kappa shape index (κ1) is 14.3. The number of thiazole rings is 1. The minimum atomic E-state index is -0.236. The molecule has 0 bridgehead atoms. The van der Waals surface area contributed by atoms with Crippen molar-refractivity contribution >= 4 is 49.8 Å². The Bertz CT molecular complexity index is 696. The fraction of sp³-hybridized carbons (Fsp3) is 0.286. The van der Waals surface area contributed by atoms with Crippen LogP contribution in [0.3, 0.4) is 0 Å². The zero-order valence-electron chi connectivity index (χ0n) is 11.4. The fourth-order valence-corrected chi connectivity index (χ4v) is 3.08. The number of rotatable bonds is 4. The number of nitrogens with one attached hydrogen (secondary N) is 2. The van der Waals surface area contributed by atoms with Crippen molar-refractivity contribution in [3.05, 3.63) is 33.1 Å². The molecule has 0 aliphatic heterocycles. The predicted octanol–water partition coefficient (Wildman–Crippen LogP) is 3.62. The number of nitrogens with two attached hydrogens (primary N) is 1. The Morgan fingerprint density at radius 3 is 2.95 bits per heavy atom. The van der Waals surface area contributed by atoms with Gasteiger partial charge in [-0.25, -0.2) is 4.98 Å². The number of anilines is 3. The van der Waals surface area contributed by atoms with Crippen LogP contribution in [-0.4, -0.2) is 16.9 Å². The van der Waals surface area contributed by atoms with Gasteiger partial charge in [-0.3, -0.25) is 4.79 Å². The van der Waals surface area contributed by atoms with Crippen LogP contribution in [0.15, 0.2) is 22.7 Å². The molecule has 1 aliphatic carbocycles. The van der Waals surface area contributed by atoms with E-state index in [1.807, 2.05) is 25.1 Å². The van der Waals surface area contributed by atoms with Crippen molar-refractivity contribution in [3.8, 4) is 0 Å². The molecule has 1 heterocycles. The van der Waals surface area contributed by atoms with Crippen LogP contribution in [-0.2, 0) is 0 Å². The molecular formula is C14H15BrN4OS. The van der Waals surface area contributed by atoms with Crippen LogP contribution in [0.2, 0.25) is 0 Å². The van der Waals surface area contributed by atoms with Gasteiger partial charge in [-0.05, 0) is 53.4 Å². The third-order valence-electron chi connectivity index (χ3n) is 3.13. The maximum absolute atomic E-state index is 12.3. The quantitative estimate of drug-likeness (QED) is 0.771. The van der Waals surface area contributed by atoms with Crippen molar-refractivity contribution in [2.45, 2.75) is 25.8 Å². The minimum absolute atomic E-state index is 0.236. The minimum Gasteiger partial charge on any atom is -0.382 e. The zero-order valence-corrected chi connectivity index (χ0v) is 13.8. The molecule has 3 rings (SSSR count). The summed E-state index contributed by atoms with van der Waals surface area (Å²) in [7, 11) is 0. The molecule has 0 atom stereocenters. The number of nitrogens with zero attached hydrogens (tertiary/aromatic N) is 1. The second-order valence-corrected chi connectivity index (χ2v) is 6.94. The number of halogens is 1. The van der Waals surface area contributed by atoms with Crippen molar-refractivity contribution in [1.29, 1.82) is 0 Å². The van der Waals surface area contributed by atoms with Gasteiger partial charge < -0.3 is 16.4 Å². The Kier molecular flexibility index (Phi) is 3.86. The molecule has 2 aromatic rings. The summed E-state index contributed by atoms with van der Waals surface area (Å²) in [5.74, 6) is 0.0320. The van der Waals surface area contributed by atoms with E-state index < -0.39 is 0 Å². The van der Waals surface area contributed by atoms with Crippen LogP contribution in [0, 0.1) is 6.92 Å². The summed E-state index contributed by atoms with van der Waals surface area (Å²) in [6, 6.07) is 6.26. The summed E-state index contributed by atoms with van der Waals surface area (Å²) in [5, 5.41) is 6.83. The number of benzene rings is 1. The molecule has 1 amide bonds. The summed E-state index contributed by atoms with van der Waals surface area (Å²) in [6.07, 6.45) is 2.30. The highest BCUT2D eigenvalue weighted by Crippen LogP contribution is 2.31. The molecule has 1 aromatic heterocycles. The summed E-state index contributed by atoms with van der Waals surface area (Å²) in [5.41, 5.74) is 7.64. The van der Waals surface area contributed by atoms with Crippen molar-refractivity contribution in [2.24, 2.45) is 0 Å². The van der Waals surface area contributed by atoms with E-state index in [9.17, 15) is 4.79 Å². The zero-order chi connectivity index (χ0) is 15.0. The van der Waals surface area contributed by atoms with Crippen LogP contribution in [0.4, 0.5) is 16.6 Å². The SMILES string of the molecule is Cc1ccc(Br)c(NC(=O)c2sc(NC3CC3)nc2N)c1. The molecular weight excluding hydrogens is 352 g/mol. The summed E-state index contributed by atoms with van der Waals surface area (Å²) in [4.78, 5) is 17.0. The Balaban J connectivity index is 1.78. The molecule has 0 radical (unpaired) electrons. The molecule has 110 valence electrons. The van der Waals surface area contributed by atoms with Crippen molar-refractivity contribution in [3.63, 3.8) is 0 Å². The number of amides is 1. The monoisotopic (exact) mass is 366 g/mol. The highest BCUT2D eigenvalue weighted by molar-refractivity contribution is 9.10. The topological polar surface area (TPSA) is 80.0 Å². The molecule has 21 heavy (non-hydrogen) atoms. The molecule has 7 heteroatoms. The Hall–Kier alpha value is -1.60. The number of carbonyl (C=O) groups is 1. The van der Waals surface area contributed by atoms with Gasteiger partial charge in [0.15, 0.2) is 5.13 Å². The smallest absolute Gasteiger partial charge is 0.269 e. The molecule has 1 fully saturated rings. The number of hydrogen-bond acceptors (Lipinski definition) is 5. The van der Waals surface area contributed by atoms with Crippen LogP contribution < -0.4 is 16.4 Å². The maximum atomic E-state index is 12.3. The van der Waals surface area contributed by atoms with Gasteiger partial charge in [0.25, 0.3) is 5.91 Å². The molecule has 1 aromatic carbocycles. The average Bonchev–Trinajstić information content (AvgIpc) is 3.16. The lowest BCUT2D eigenvalue weighted by atomic mass is 10.2. The van der Waals surface area contributed by atoms with Gasteiger partial charge >= 0.3 is 0 Å². The largest absolute Gasteiger partial charge is 0.382 e. The summed E-state index contributed by atoms with van der Waals surface area (Å²) in [6.45, 7) is 1.97. The summed E-state index contributed by atoms with van der Waals surface area (Å²) < 4.78 is 0.834. The van der Waals surface area contributed by atoms with E-state index in [0.717, 1.165) is 28.6 Å². The standard InChI is InChI=1S/C14H15BrN4OS/c1-7-2-5-9(15)10(6-7)18-13(20)11-12(16)19-14(21-11)17-8-3-4-8/h2,5-6,8H,3-4,16H2,1H3,(H,17,19)(H,18,20). The Morgan fingerprint density at radius 1 is 1.48 bits per heavy atom. The van der Waals surface area contributed by atoms with E-state index in [-0.39, 0.29) is 11.7 Å². The number of nitrogen functional groups attached to an aromatic ring is 1. The number of hydrogen-bond donors (Lipinski definition) is 3. The highest BCUT2D eigenvalue weighted by Gasteiger charge is 2.24. The van der Waals surface area contributed by atoms with Crippen molar-refractivity contribution in [1.82, 2.24) is 4.98 Å². The number of aryl methyl sites for hydroxylation is 1. The van der Waals surface area contributed by atoms with Gasteiger partial charge in [0.05, 0.1) is 5.69 Å². The van der Waals surface area contributed by atoms with Crippen LogP contribution in [0.5, 0.6) is 0 Å². The summed E-state index contributed by atoms with van der Waals surface area (Å²) >= 11 is 4.72. The van der Waals surface area contributed by atoms with Crippen molar-refractivity contribution < 1.29 is 4.79 Å². The first-order chi connectivity index (χ1) is 10.0. The first-order valence-electron chi connectivity index (χ1n) is 6.63. The van der Waals surface area contributed by atoms with E-state index in [1.54, 1.807) is 0 Å². The van der Waals surface area contributed by atoms with E-state index in [0.29, 0.717) is 16.1 Å². The van der Waals surface area contributed by atoms with Crippen LogP contribution >= 0.6 is 27.3 Å². The van der Waals surface area contributed by atoms with Gasteiger partial charge in [-0.2, -0.15) is 0 Å². The lowest BCUT2D eigenvalue weighted by molar-refractivity contribution is 0.103. The number of aromatic nitrogens is 1. The number of carbonyl (C=O) groups excluding carboxylic acids is 1. The van der Waals surface area contributed by atoms with E-state index in [2.05, 4.69) is 31.5 Å². The van der Waals surface area contributed by atoms with E-state index >= 15 is 0 Å². The van der Waals surface area contributed by atoms with Gasteiger partial charge in [-0.1, -0.05) is 17.4 Å². The second-order valence-electron chi connectivity index (χ2n) is 5.09. The lowest BCUT2D eigenvalue weighted by Crippen LogP contribution is -2.12. The molecule has 1 saturated carbocycles. The molecule has 5 nitrogen and oxygen atoms in total. The van der Waals surface area contributed by atoms with E-state index in [1.165, 1.54) is 11.3 Å². The molecule has 1 aliphatic rings. The van der Waals surface area contributed by atoms with E-state index in [4.69, 9.17) is 5.73 Å². The maximum Gasteiger partial charge on any atom is 0.269 e. The average molecular weight is 367 g/mol. The molecule has 4 N–H and O–H groups in total. The van der Waals surface area contributed by atoms with Gasteiger partial charge in [-0.15, -0.1) is 0 Å². The van der Waals surface area contributed by atoms with Crippen molar-refractivity contribution in [2.75, 3.05) is 16.4 Å². The molecule has 0 unspecified atom stereocenters. The highest BCUT2D eigenvalue weighted by atomic mass is 79.9.